The molecular weight excluding hydrogens is 292 g/mol. The Hall–Kier alpha value is -1.88. The predicted octanol–water partition coefficient (Wildman–Crippen LogP) is 1.60. The van der Waals surface area contributed by atoms with Crippen molar-refractivity contribution in [1.29, 1.82) is 0 Å². The Kier molecular flexibility index (Phi) is 6.76. The third-order valence-corrected chi connectivity index (χ3v) is 3.46. The van der Waals surface area contributed by atoms with Gasteiger partial charge in [0.1, 0.15) is 6.04 Å². The van der Waals surface area contributed by atoms with E-state index >= 15 is 0 Å². The molecule has 0 aromatic heterocycles. The van der Waals surface area contributed by atoms with Gasteiger partial charge in [-0.05, 0) is 25.3 Å². The fourth-order valence-electron chi connectivity index (χ4n) is 2.42. The molecule has 0 fully saturated rings. The van der Waals surface area contributed by atoms with E-state index in [1.165, 1.54) is 4.90 Å². The molecule has 0 heterocycles. The van der Waals surface area contributed by atoms with Crippen LogP contribution in [0.25, 0.3) is 0 Å². The summed E-state index contributed by atoms with van der Waals surface area (Å²) in [6, 6.07) is 8.82. The highest BCUT2D eigenvalue weighted by atomic mass is 16.3. The second kappa shape index (κ2) is 8.11. The predicted molar refractivity (Wildman–Crippen MR) is 90.8 cm³/mol. The third kappa shape index (κ3) is 6.82. The minimum atomic E-state index is -0.972. The Morgan fingerprint density at radius 1 is 1.22 bits per heavy atom. The van der Waals surface area contributed by atoms with Crippen molar-refractivity contribution in [3.05, 3.63) is 35.9 Å². The highest BCUT2D eigenvalue weighted by Gasteiger charge is 2.29. The third-order valence-electron chi connectivity index (χ3n) is 3.46. The number of nitrogens with zero attached hydrogens (tertiary/aromatic N) is 1. The van der Waals surface area contributed by atoms with Crippen molar-refractivity contribution in [1.82, 2.24) is 10.2 Å². The fourth-order valence-corrected chi connectivity index (χ4v) is 2.42. The van der Waals surface area contributed by atoms with Crippen molar-refractivity contribution >= 4 is 11.8 Å². The summed E-state index contributed by atoms with van der Waals surface area (Å²) in [6.45, 7) is 7.29. The van der Waals surface area contributed by atoms with Gasteiger partial charge in [0.2, 0.25) is 11.8 Å². The fraction of sp³-hybridized carbons (Fsp3) is 0.556. The molecule has 2 N–H and O–H groups in total. The summed E-state index contributed by atoms with van der Waals surface area (Å²) in [4.78, 5) is 26.2. The molecule has 0 bridgehead atoms. The first-order valence-electron chi connectivity index (χ1n) is 7.91. The normalized spacial score (nSPS) is 12.8. The first-order valence-corrected chi connectivity index (χ1v) is 7.91. The zero-order valence-electron chi connectivity index (χ0n) is 14.7. The van der Waals surface area contributed by atoms with Gasteiger partial charge in [-0.2, -0.15) is 0 Å². The van der Waals surface area contributed by atoms with Gasteiger partial charge < -0.3 is 15.3 Å². The number of likely N-dealkylation sites (N-methyl/N-ethyl adjacent to an activating group) is 1. The van der Waals surface area contributed by atoms with Crippen LogP contribution in [0.1, 0.15) is 33.3 Å². The average Bonchev–Trinajstić information content (AvgIpc) is 2.43. The topological polar surface area (TPSA) is 69.6 Å². The van der Waals surface area contributed by atoms with Crippen LogP contribution in [0.5, 0.6) is 0 Å². The maximum Gasteiger partial charge on any atom is 0.245 e. The number of nitrogens with one attached hydrogen (secondary N) is 1. The van der Waals surface area contributed by atoms with E-state index in [-0.39, 0.29) is 30.7 Å². The Bertz CT molecular complexity index is 521. The van der Waals surface area contributed by atoms with E-state index < -0.39 is 11.6 Å². The molecule has 128 valence electrons. The Balaban J connectivity index is 2.71. The Morgan fingerprint density at radius 2 is 1.78 bits per heavy atom. The molecule has 1 atom stereocenters. The van der Waals surface area contributed by atoms with Crippen LogP contribution in [-0.2, 0) is 16.0 Å². The molecule has 0 radical (unpaired) electrons. The highest BCUT2D eigenvalue weighted by Crippen LogP contribution is 2.10. The number of carbonyl (C=O) groups is 2. The number of rotatable bonds is 7. The molecule has 1 aromatic carbocycles. The average molecular weight is 320 g/mol. The van der Waals surface area contributed by atoms with Crippen molar-refractivity contribution in [2.75, 3.05) is 13.6 Å². The van der Waals surface area contributed by atoms with Gasteiger partial charge in [-0.25, -0.2) is 0 Å². The SMILES string of the molecule is CC(C)C(NC(=O)Cc1ccccc1)C(=O)N(C)CC(C)(C)O. The van der Waals surface area contributed by atoms with E-state index in [1.807, 2.05) is 44.2 Å². The van der Waals surface area contributed by atoms with Gasteiger partial charge in [0.05, 0.1) is 12.0 Å². The first kappa shape index (κ1) is 19.2. The minimum Gasteiger partial charge on any atom is -0.389 e. The van der Waals surface area contributed by atoms with E-state index in [1.54, 1.807) is 20.9 Å². The smallest absolute Gasteiger partial charge is 0.245 e. The van der Waals surface area contributed by atoms with Crippen molar-refractivity contribution in [3.63, 3.8) is 0 Å². The summed E-state index contributed by atoms with van der Waals surface area (Å²) in [5.41, 5.74) is -0.0650. The maximum absolute atomic E-state index is 12.6. The molecule has 0 aliphatic rings. The number of benzene rings is 1. The van der Waals surface area contributed by atoms with Gasteiger partial charge in [0, 0.05) is 13.6 Å². The van der Waals surface area contributed by atoms with Gasteiger partial charge in [-0.1, -0.05) is 44.2 Å². The lowest BCUT2D eigenvalue weighted by molar-refractivity contribution is -0.138. The summed E-state index contributed by atoms with van der Waals surface area (Å²) < 4.78 is 0. The highest BCUT2D eigenvalue weighted by molar-refractivity contribution is 5.88. The number of hydrogen-bond donors (Lipinski definition) is 2. The largest absolute Gasteiger partial charge is 0.389 e. The molecule has 1 unspecified atom stereocenters. The van der Waals surface area contributed by atoms with Crippen LogP contribution in [-0.4, -0.2) is 47.1 Å². The standard InChI is InChI=1S/C18H28N2O3/c1-13(2)16(17(22)20(5)12-18(3,4)23)19-15(21)11-14-9-7-6-8-10-14/h6-10,13,16,23H,11-12H2,1-5H3,(H,19,21). The van der Waals surface area contributed by atoms with Crippen LogP contribution >= 0.6 is 0 Å². The molecule has 5 heteroatoms. The molecule has 0 aliphatic carbocycles. The Morgan fingerprint density at radius 3 is 2.26 bits per heavy atom. The summed E-state index contributed by atoms with van der Waals surface area (Å²) in [7, 11) is 1.64. The lowest BCUT2D eigenvalue weighted by atomic mass is 10.0. The molecule has 1 aromatic rings. The van der Waals surface area contributed by atoms with Crippen LogP contribution in [0.15, 0.2) is 30.3 Å². The molecule has 0 aliphatic heterocycles. The van der Waals surface area contributed by atoms with E-state index in [0.29, 0.717) is 0 Å². The second-order valence-corrected chi connectivity index (χ2v) is 6.96. The molecule has 0 saturated carbocycles. The van der Waals surface area contributed by atoms with Gasteiger partial charge in [0.25, 0.3) is 0 Å². The molecular formula is C18H28N2O3. The van der Waals surface area contributed by atoms with Crippen LogP contribution in [0.2, 0.25) is 0 Å². The number of amides is 2. The zero-order valence-corrected chi connectivity index (χ0v) is 14.7. The Labute approximate surface area is 138 Å². The molecule has 0 spiro atoms. The van der Waals surface area contributed by atoms with Crippen molar-refractivity contribution in [2.45, 2.75) is 45.8 Å². The maximum atomic E-state index is 12.6. The first-order chi connectivity index (χ1) is 10.6. The van der Waals surface area contributed by atoms with Crippen molar-refractivity contribution in [2.24, 2.45) is 5.92 Å². The summed E-state index contributed by atoms with van der Waals surface area (Å²) in [5, 5.41) is 12.7. The van der Waals surface area contributed by atoms with E-state index in [4.69, 9.17) is 0 Å². The van der Waals surface area contributed by atoms with E-state index in [0.717, 1.165) is 5.56 Å². The quantitative estimate of drug-likeness (QED) is 0.802. The number of aliphatic hydroxyl groups is 1. The molecule has 5 nitrogen and oxygen atoms in total. The van der Waals surface area contributed by atoms with Gasteiger partial charge >= 0.3 is 0 Å². The van der Waals surface area contributed by atoms with Crippen LogP contribution in [0.3, 0.4) is 0 Å². The molecule has 1 rings (SSSR count). The van der Waals surface area contributed by atoms with Crippen molar-refractivity contribution in [3.8, 4) is 0 Å². The van der Waals surface area contributed by atoms with E-state index in [2.05, 4.69) is 5.32 Å². The van der Waals surface area contributed by atoms with Crippen LogP contribution in [0.4, 0.5) is 0 Å². The van der Waals surface area contributed by atoms with Crippen molar-refractivity contribution < 1.29 is 14.7 Å². The number of carbonyl (C=O) groups excluding carboxylic acids is 2. The van der Waals surface area contributed by atoms with Gasteiger partial charge in [-0.15, -0.1) is 0 Å². The van der Waals surface area contributed by atoms with Gasteiger partial charge in [-0.3, -0.25) is 9.59 Å². The summed E-state index contributed by atoms with van der Waals surface area (Å²) in [5.74, 6) is -0.407. The lowest BCUT2D eigenvalue weighted by Crippen LogP contribution is -2.52. The zero-order chi connectivity index (χ0) is 17.6. The van der Waals surface area contributed by atoms with E-state index in [9.17, 15) is 14.7 Å². The summed E-state index contributed by atoms with van der Waals surface area (Å²) in [6.07, 6.45) is 0.243. The monoisotopic (exact) mass is 320 g/mol. The second-order valence-electron chi connectivity index (χ2n) is 6.96. The van der Waals surface area contributed by atoms with Gasteiger partial charge in [0.15, 0.2) is 0 Å². The lowest BCUT2D eigenvalue weighted by Gasteiger charge is -2.30. The van der Waals surface area contributed by atoms with Crippen LogP contribution in [0, 0.1) is 5.92 Å². The molecule has 0 saturated heterocycles. The van der Waals surface area contributed by atoms with Crippen LogP contribution < -0.4 is 5.32 Å². The minimum absolute atomic E-state index is 0.0357. The molecule has 2 amide bonds. The number of hydrogen-bond acceptors (Lipinski definition) is 3. The summed E-state index contributed by atoms with van der Waals surface area (Å²) >= 11 is 0. The molecule has 23 heavy (non-hydrogen) atoms.